The first-order chi connectivity index (χ1) is 17.5. The van der Waals surface area contributed by atoms with Crippen molar-refractivity contribution in [2.24, 2.45) is 4.99 Å². The fraction of sp³-hybridized carbons (Fsp3) is 0.304. The lowest BCUT2D eigenvalue weighted by atomic mass is 10.0. The van der Waals surface area contributed by atoms with Gasteiger partial charge in [-0.05, 0) is 42.8 Å². The molecule has 5 N–H and O–H groups in total. The number of hydrogen-bond donors (Lipinski definition) is 5. The molecule has 1 aromatic heterocycles. The van der Waals surface area contributed by atoms with Gasteiger partial charge in [-0.3, -0.25) is 14.7 Å². The molecule has 0 fully saturated rings. The summed E-state index contributed by atoms with van der Waals surface area (Å²) in [7, 11) is 0. The number of aromatic amines is 1. The molecular weight excluding hydrogens is 501 g/mol. The van der Waals surface area contributed by atoms with Gasteiger partial charge in [0.25, 0.3) is 5.91 Å². The third-order valence-corrected chi connectivity index (χ3v) is 5.55. The first-order valence-corrected chi connectivity index (χ1v) is 11.1. The van der Waals surface area contributed by atoms with Crippen LogP contribution >= 0.6 is 0 Å². The van der Waals surface area contributed by atoms with Gasteiger partial charge in [-0.2, -0.15) is 18.3 Å². The molecule has 1 aliphatic rings. The molecule has 4 rings (SSSR count). The summed E-state index contributed by atoms with van der Waals surface area (Å²) in [5.41, 5.74) is -0.107. The Labute approximate surface area is 206 Å². The van der Waals surface area contributed by atoms with E-state index in [0.717, 1.165) is 12.1 Å². The van der Waals surface area contributed by atoms with E-state index in [2.05, 4.69) is 36.5 Å². The number of hydrogen-bond acceptors (Lipinski definition) is 6. The highest BCUT2D eigenvalue weighted by Gasteiger charge is 2.32. The van der Waals surface area contributed by atoms with E-state index in [0.29, 0.717) is 28.6 Å². The number of benzene rings is 2. The van der Waals surface area contributed by atoms with Gasteiger partial charge in [0.1, 0.15) is 12.0 Å². The van der Waals surface area contributed by atoms with Crippen LogP contribution in [-0.2, 0) is 11.0 Å². The van der Waals surface area contributed by atoms with E-state index in [9.17, 15) is 31.5 Å². The van der Waals surface area contributed by atoms with Crippen LogP contribution < -0.4 is 21.3 Å². The van der Waals surface area contributed by atoms with E-state index >= 15 is 0 Å². The van der Waals surface area contributed by atoms with Crippen molar-refractivity contribution in [1.82, 2.24) is 26.1 Å². The van der Waals surface area contributed by atoms with Crippen LogP contribution in [-0.4, -0.2) is 53.8 Å². The van der Waals surface area contributed by atoms with E-state index in [-0.39, 0.29) is 24.2 Å². The largest absolute Gasteiger partial charge is 0.416 e. The summed E-state index contributed by atoms with van der Waals surface area (Å²) in [5, 5.41) is 18.0. The fourth-order valence-electron chi connectivity index (χ4n) is 3.68. The quantitative estimate of drug-likeness (QED) is 0.318. The van der Waals surface area contributed by atoms with Gasteiger partial charge >= 0.3 is 6.18 Å². The number of carbonyl (C=O) groups excluding carboxylic acids is 2. The normalized spacial score (nSPS) is 16.5. The molecule has 3 aromatic rings. The maximum Gasteiger partial charge on any atom is 0.416 e. The number of nitrogens with zero attached hydrogens (tertiary/aromatic N) is 2. The van der Waals surface area contributed by atoms with Crippen LogP contribution in [0.5, 0.6) is 0 Å². The van der Waals surface area contributed by atoms with Crippen LogP contribution in [0.25, 0.3) is 10.9 Å². The van der Waals surface area contributed by atoms with Gasteiger partial charge in [0, 0.05) is 10.9 Å². The molecule has 0 saturated carbocycles. The van der Waals surface area contributed by atoms with Gasteiger partial charge < -0.3 is 21.3 Å². The third-order valence-electron chi connectivity index (χ3n) is 5.55. The average Bonchev–Trinajstić information content (AvgIpc) is 3.32. The van der Waals surface area contributed by atoms with Gasteiger partial charge in [0.15, 0.2) is 5.96 Å². The maximum atomic E-state index is 13.7. The van der Waals surface area contributed by atoms with Crippen molar-refractivity contribution in [1.29, 1.82) is 0 Å². The summed E-state index contributed by atoms with van der Waals surface area (Å²) in [6.45, 7) is 0.984. The van der Waals surface area contributed by atoms with Crippen molar-refractivity contribution in [3.63, 3.8) is 0 Å². The van der Waals surface area contributed by atoms with Crippen LogP contribution in [0, 0.1) is 5.82 Å². The molecule has 0 aliphatic carbocycles. The van der Waals surface area contributed by atoms with Crippen molar-refractivity contribution in [2.75, 3.05) is 25.0 Å². The van der Waals surface area contributed by atoms with Gasteiger partial charge in [0.05, 0.1) is 48.6 Å². The standard InChI is InChI=1S/C23H22F5N7O2/c1-11(12-2-14(23(26,27)28)6-15(24)3-12)33-20(36)10-29-21(37)13-4-18(17-9-32-35-19(17)5-13)34-22-30-7-16(25)8-31-22/h2-6,9,11,16H,7-8,10H2,1H3,(H,29,37)(H,32,35)(H,33,36)(H2,30,31,34). The minimum atomic E-state index is -4.74. The molecule has 2 unspecified atom stereocenters. The van der Waals surface area contributed by atoms with Gasteiger partial charge in [-0.1, -0.05) is 0 Å². The molecule has 14 heteroatoms. The maximum absolute atomic E-state index is 13.7. The van der Waals surface area contributed by atoms with E-state index in [1.54, 1.807) is 0 Å². The van der Waals surface area contributed by atoms with Gasteiger partial charge in [-0.25, -0.2) is 13.8 Å². The highest BCUT2D eigenvalue weighted by molar-refractivity contribution is 6.07. The highest BCUT2D eigenvalue weighted by Crippen LogP contribution is 2.31. The van der Waals surface area contributed by atoms with E-state index in [1.807, 2.05) is 0 Å². The molecule has 0 radical (unpaired) electrons. The topological polar surface area (TPSA) is 123 Å². The van der Waals surface area contributed by atoms with Crippen molar-refractivity contribution in [3.05, 3.63) is 59.0 Å². The second-order valence-corrected chi connectivity index (χ2v) is 8.39. The third kappa shape index (κ3) is 6.32. The predicted octanol–water partition coefficient (Wildman–Crippen LogP) is 3.04. The van der Waals surface area contributed by atoms with Gasteiger partial charge in [0.2, 0.25) is 5.91 Å². The van der Waals surface area contributed by atoms with Crippen molar-refractivity contribution < 1.29 is 31.5 Å². The predicted molar refractivity (Wildman–Crippen MR) is 125 cm³/mol. The van der Waals surface area contributed by atoms with Crippen molar-refractivity contribution in [2.45, 2.75) is 25.3 Å². The van der Waals surface area contributed by atoms with E-state index in [4.69, 9.17) is 0 Å². The minimum Gasteiger partial charge on any atom is -0.353 e. The molecular formula is C23H22F5N7O2. The molecule has 37 heavy (non-hydrogen) atoms. The monoisotopic (exact) mass is 523 g/mol. The number of halogens is 5. The Balaban J connectivity index is 1.41. The Bertz CT molecular complexity index is 1350. The smallest absolute Gasteiger partial charge is 0.353 e. The van der Waals surface area contributed by atoms with Crippen LogP contribution in [0.2, 0.25) is 0 Å². The average molecular weight is 523 g/mol. The zero-order valence-electron chi connectivity index (χ0n) is 19.3. The molecule has 2 aromatic carbocycles. The minimum absolute atomic E-state index is 0.00921. The highest BCUT2D eigenvalue weighted by atomic mass is 19.4. The Kier molecular flexibility index (Phi) is 7.27. The molecule has 1 aliphatic heterocycles. The zero-order valence-corrected chi connectivity index (χ0v) is 19.3. The Morgan fingerprint density at radius 2 is 1.97 bits per heavy atom. The number of carbonyl (C=O) groups is 2. The Morgan fingerprint density at radius 3 is 2.68 bits per heavy atom. The lowest BCUT2D eigenvalue weighted by Crippen LogP contribution is -2.41. The number of H-pyrrole nitrogens is 1. The summed E-state index contributed by atoms with van der Waals surface area (Å²) < 4.78 is 65.9. The van der Waals surface area contributed by atoms with Crippen molar-refractivity contribution in [3.8, 4) is 0 Å². The summed E-state index contributed by atoms with van der Waals surface area (Å²) >= 11 is 0. The van der Waals surface area contributed by atoms with E-state index in [1.165, 1.54) is 25.3 Å². The Hall–Kier alpha value is -4.23. The van der Waals surface area contributed by atoms with Crippen LogP contribution in [0.4, 0.5) is 27.6 Å². The van der Waals surface area contributed by atoms with Crippen molar-refractivity contribution >= 4 is 34.4 Å². The van der Waals surface area contributed by atoms with Crippen LogP contribution in [0.1, 0.15) is 34.5 Å². The molecule has 0 bridgehead atoms. The number of amides is 2. The molecule has 2 atom stereocenters. The molecule has 9 nitrogen and oxygen atoms in total. The lowest BCUT2D eigenvalue weighted by molar-refractivity contribution is -0.137. The van der Waals surface area contributed by atoms with Crippen LogP contribution in [0.15, 0.2) is 41.5 Å². The van der Waals surface area contributed by atoms with Crippen LogP contribution in [0.3, 0.4) is 0 Å². The fourth-order valence-corrected chi connectivity index (χ4v) is 3.68. The number of nitrogens with one attached hydrogen (secondary N) is 5. The molecule has 0 saturated heterocycles. The number of guanidine groups is 1. The second-order valence-electron chi connectivity index (χ2n) is 8.39. The summed E-state index contributed by atoms with van der Waals surface area (Å²) in [4.78, 5) is 29.1. The number of alkyl halides is 4. The Morgan fingerprint density at radius 1 is 1.19 bits per heavy atom. The SMILES string of the molecule is CC(NC(=O)CNC(=O)c1cc(NC2=NCC(F)CN2)c2cn[nH]c2c1)c1cc(F)cc(C(F)(F)F)c1. The lowest BCUT2D eigenvalue weighted by Gasteiger charge is -2.19. The molecule has 0 spiro atoms. The first kappa shape index (κ1) is 25.9. The number of anilines is 1. The number of aliphatic imine (C=N–C) groups is 1. The number of fused-ring (bicyclic) bond motifs is 1. The second kappa shape index (κ2) is 10.4. The summed E-state index contributed by atoms with van der Waals surface area (Å²) in [6.07, 6.45) is -4.31. The van der Waals surface area contributed by atoms with E-state index < -0.39 is 48.1 Å². The molecule has 2 amide bonds. The number of rotatable bonds is 6. The molecule has 2 heterocycles. The van der Waals surface area contributed by atoms with Gasteiger partial charge in [-0.15, -0.1) is 0 Å². The summed E-state index contributed by atoms with van der Waals surface area (Å²) in [6, 6.07) is 4.08. The number of aromatic nitrogens is 2. The zero-order chi connectivity index (χ0) is 26.7. The summed E-state index contributed by atoms with van der Waals surface area (Å²) in [5.74, 6) is -2.07. The first-order valence-electron chi connectivity index (χ1n) is 11.1. The molecule has 196 valence electrons.